The summed E-state index contributed by atoms with van der Waals surface area (Å²) in [5.41, 5.74) is 3.07. The lowest BCUT2D eigenvalue weighted by Gasteiger charge is -2.37. The van der Waals surface area contributed by atoms with Crippen molar-refractivity contribution in [2.75, 3.05) is 26.3 Å². The van der Waals surface area contributed by atoms with E-state index in [2.05, 4.69) is 5.10 Å². The van der Waals surface area contributed by atoms with Crippen molar-refractivity contribution in [2.45, 2.75) is 25.6 Å². The monoisotopic (exact) mass is 421 g/mol. The number of ether oxygens (including phenoxy) is 2. The fourth-order valence-corrected chi connectivity index (χ4v) is 4.21. The van der Waals surface area contributed by atoms with E-state index >= 15 is 0 Å². The van der Waals surface area contributed by atoms with Gasteiger partial charge in [0.2, 0.25) is 0 Å². The summed E-state index contributed by atoms with van der Waals surface area (Å²) in [6.07, 6.45) is 1.27. The number of piperidine rings is 1. The van der Waals surface area contributed by atoms with Gasteiger partial charge in [0.25, 0.3) is 5.91 Å². The third-order valence-corrected chi connectivity index (χ3v) is 5.98. The first-order chi connectivity index (χ1) is 15.0. The van der Waals surface area contributed by atoms with Crippen LogP contribution in [-0.4, -0.2) is 52.7 Å². The smallest absolute Gasteiger partial charge is 0.272 e. The number of nitrogens with zero attached hydrogens (tertiary/aromatic N) is 3. The number of rotatable bonds is 3. The summed E-state index contributed by atoms with van der Waals surface area (Å²) in [4.78, 5) is 15.3. The molecule has 3 heterocycles. The fourth-order valence-electron chi connectivity index (χ4n) is 4.21. The lowest BCUT2D eigenvalue weighted by Crippen LogP contribution is -2.47. The van der Waals surface area contributed by atoms with Gasteiger partial charge in [0, 0.05) is 31.5 Å². The van der Waals surface area contributed by atoms with E-state index in [1.54, 1.807) is 33.8 Å². The SMILES string of the molecule is Cc1ccc(-n2nc(-c3ccccc3F)cc2C(=O)N2CCC3(CC2)OCCO3)cc1. The highest BCUT2D eigenvalue weighted by Gasteiger charge is 2.41. The molecule has 31 heavy (non-hydrogen) atoms. The number of aryl methyl sites for hydroxylation is 1. The zero-order valence-corrected chi connectivity index (χ0v) is 17.4. The molecule has 0 N–H and O–H groups in total. The van der Waals surface area contributed by atoms with Gasteiger partial charge < -0.3 is 14.4 Å². The first-order valence-electron chi connectivity index (χ1n) is 10.5. The van der Waals surface area contributed by atoms with E-state index in [1.807, 2.05) is 31.2 Å². The summed E-state index contributed by atoms with van der Waals surface area (Å²) < 4.78 is 27.6. The minimum absolute atomic E-state index is 0.136. The van der Waals surface area contributed by atoms with Crippen LogP contribution in [0, 0.1) is 12.7 Å². The zero-order valence-electron chi connectivity index (χ0n) is 17.4. The van der Waals surface area contributed by atoms with Crippen LogP contribution in [0.5, 0.6) is 0 Å². The summed E-state index contributed by atoms with van der Waals surface area (Å²) in [5.74, 6) is -1.05. The molecule has 6 nitrogen and oxygen atoms in total. The molecule has 0 bridgehead atoms. The molecular formula is C24H24FN3O3. The molecule has 2 saturated heterocycles. The molecule has 0 aliphatic carbocycles. The molecule has 7 heteroatoms. The van der Waals surface area contributed by atoms with Gasteiger partial charge in [-0.2, -0.15) is 5.10 Å². The normalized spacial score (nSPS) is 17.9. The predicted octanol–water partition coefficient (Wildman–Crippen LogP) is 3.97. The number of amides is 1. The molecule has 0 atom stereocenters. The lowest BCUT2D eigenvalue weighted by molar-refractivity contribution is -0.181. The average molecular weight is 421 g/mol. The Labute approximate surface area is 180 Å². The van der Waals surface area contributed by atoms with Gasteiger partial charge in [0.05, 0.1) is 24.6 Å². The maximum Gasteiger partial charge on any atom is 0.272 e. The Hall–Kier alpha value is -3.03. The molecule has 2 aliphatic rings. The Kier molecular flexibility index (Phi) is 5.08. The summed E-state index contributed by atoms with van der Waals surface area (Å²) in [6.45, 7) is 4.26. The van der Waals surface area contributed by atoms with Crippen molar-refractivity contribution in [2.24, 2.45) is 0 Å². The van der Waals surface area contributed by atoms with E-state index in [0.29, 0.717) is 56.1 Å². The van der Waals surface area contributed by atoms with E-state index in [9.17, 15) is 9.18 Å². The molecule has 2 aliphatic heterocycles. The van der Waals surface area contributed by atoms with Gasteiger partial charge in [0.15, 0.2) is 5.79 Å². The third kappa shape index (κ3) is 3.75. The maximum absolute atomic E-state index is 14.4. The predicted molar refractivity (Wildman–Crippen MR) is 113 cm³/mol. The molecule has 5 rings (SSSR count). The van der Waals surface area contributed by atoms with Crippen molar-refractivity contribution in [3.05, 3.63) is 71.7 Å². The van der Waals surface area contributed by atoms with Gasteiger partial charge in [-0.05, 0) is 37.3 Å². The van der Waals surface area contributed by atoms with Crippen LogP contribution in [0.25, 0.3) is 16.9 Å². The second kappa shape index (κ2) is 7.90. The second-order valence-electron chi connectivity index (χ2n) is 8.04. The Bertz CT molecular complexity index is 1090. The van der Waals surface area contributed by atoms with Crippen LogP contribution in [-0.2, 0) is 9.47 Å². The lowest BCUT2D eigenvalue weighted by atomic mass is 10.0. The van der Waals surface area contributed by atoms with Gasteiger partial charge in [-0.3, -0.25) is 4.79 Å². The van der Waals surface area contributed by atoms with Crippen molar-refractivity contribution in [3.63, 3.8) is 0 Å². The highest BCUT2D eigenvalue weighted by molar-refractivity contribution is 5.94. The number of halogens is 1. The molecule has 2 aromatic carbocycles. The molecule has 0 saturated carbocycles. The van der Waals surface area contributed by atoms with Crippen LogP contribution in [0.4, 0.5) is 4.39 Å². The van der Waals surface area contributed by atoms with E-state index in [4.69, 9.17) is 9.47 Å². The maximum atomic E-state index is 14.4. The Morgan fingerprint density at radius 2 is 1.71 bits per heavy atom. The Morgan fingerprint density at radius 3 is 2.39 bits per heavy atom. The van der Waals surface area contributed by atoms with Gasteiger partial charge in [-0.1, -0.05) is 29.8 Å². The number of likely N-dealkylation sites (tertiary alicyclic amines) is 1. The number of aromatic nitrogens is 2. The topological polar surface area (TPSA) is 56.6 Å². The van der Waals surface area contributed by atoms with Crippen LogP contribution in [0.1, 0.15) is 28.9 Å². The zero-order chi connectivity index (χ0) is 21.4. The summed E-state index contributed by atoms with van der Waals surface area (Å²) in [6, 6.07) is 15.9. The Balaban J connectivity index is 1.50. The highest BCUT2D eigenvalue weighted by Crippen LogP contribution is 2.32. The highest BCUT2D eigenvalue weighted by atomic mass is 19.1. The molecular weight excluding hydrogens is 397 g/mol. The quantitative estimate of drug-likeness (QED) is 0.642. The van der Waals surface area contributed by atoms with Gasteiger partial charge >= 0.3 is 0 Å². The van der Waals surface area contributed by atoms with Crippen LogP contribution in [0.2, 0.25) is 0 Å². The first kappa shape index (κ1) is 19.9. The van der Waals surface area contributed by atoms with Gasteiger partial charge in [0.1, 0.15) is 11.5 Å². The molecule has 1 spiro atoms. The number of benzene rings is 2. The van der Waals surface area contributed by atoms with Crippen molar-refractivity contribution in [1.82, 2.24) is 14.7 Å². The second-order valence-corrected chi connectivity index (χ2v) is 8.04. The Morgan fingerprint density at radius 1 is 1.03 bits per heavy atom. The average Bonchev–Trinajstić information content (AvgIpc) is 3.42. The van der Waals surface area contributed by atoms with Gasteiger partial charge in [-0.15, -0.1) is 0 Å². The van der Waals surface area contributed by atoms with Crippen LogP contribution >= 0.6 is 0 Å². The summed E-state index contributed by atoms with van der Waals surface area (Å²) in [5, 5.41) is 4.61. The summed E-state index contributed by atoms with van der Waals surface area (Å²) in [7, 11) is 0. The van der Waals surface area contributed by atoms with Crippen LogP contribution in [0.3, 0.4) is 0 Å². The third-order valence-electron chi connectivity index (χ3n) is 5.98. The van der Waals surface area contributed by atoms with Crippen LogP contribution in [0.15, 0.2) is 54.6 Å². The van der Waals surface area contributed by atoms with E-state index < -0.39 is 5.79 Å². The number of carbonyl (C=O) groups excluding carboxylic acids is 1. The van der Waals surface area contributed by atoms with Gasteiger partial charge in [-0.25, -0.2) is 9.07 Å². The standard InChI is InChI=1S/C24H24FN3O3/c1-17-6-8-18(9-7-17)28-22(16-21(26-28)19-4-2-3-5-20(19)25)23(29)27-12-10-24(11-13-27)30-14-15-31-24/h2-9,16H,10-15H2,1H3. The first-order valence-corrected chi connectivity index (χ1v) is 10.5. The largest absolute Gasteiger partial charge is 0.347 e. The van der Waals surface area contributed by atoms with Crippen LogP contribution < -0.4 is 0 Å². The van der Waals surface area contributed by atoms with Crippen molar-refractivity contribution < 1.29 is 18.7 Å². The molecule has 1 aromatic heterocycles. The molecule has 3 aromatic rings. The molecule has 0 unspecified atom stereocenters. The minimum Gasteiger partial charge on any atom is -0.347 e. The molecule has 160 valence electrons. The van der Waals surface area contributed by atoms with E-state index in [-0.39, 0.29) is 11.7 Å². The number of hydrogen-bond acceptors (Lipinski definition) is 4. The fraction of sp³-hybridized carbons (Fsp3) is 0.333. The van der Waals surface area contributed by atoms with Crippen molar-refractivity contribution in [1.29, 1.82) is 0 Å². The molecule has 0 radical (unpaired) electrons. The van der Waals surface area contributed by atoms with Crippen molar-refractivity contribution in [3.8, 4) is 16.9 Å². The van der Waals surface area contributed by atoms with E-state index in [0.717, 1.165) is 11.3 Å². The van der Waals surface area contributed by atoms with E-state index in [1.165, 1.54) is 6.07 Å². The molecule has 1 amide bonds. The number of carbonyl (C=O) groups is 1. The van der Waals surface area contributed by atoms with Crippen molar-refractivity contribution >= 4 is 5.91 Å². The minimum atomic E-state index is -0.549. The summed E-state index contributed by atoms with van der Waals surface area (Å²) >= 11 is 0. The number of hydrogen-bond donors (Lipinski definition) is 0. The molecule has 2 fully saturated rings.